The molecular formula is C25H27N3O2S. The van der Waals surface area contributed by atoms with Crippen molar-refractivity contribution in [2.75, 3.05) is 13.1 Å². The molecule has 1 N–H and O–H groups in total. The van der Waals surface area contributed by atoms with Gasteiger partial charge < -0.3 is 10.2 Å². The second-order valence-electron chi connectivity index (χ2n) is 8.08. The van der Waals surface area contributed by atoms with Gasteiger partial charge in [-0.15, -0.1) is 11.3 Å². The van der Waals surface area contributed by atoms with Crippen molar-refractivity contribution in [3.05, 3.63) is 76.3 Å². The molecule has 3 aromatic rings. The van der Waals surface area contributed by atoms with Gasteiger partial charge in [0.15, 0.2) is 0 Å². The molecule has 1 aliphatic rings. The van der Waals surface area contributed by atoms with E-state index in [1.54, 1.807) is 16.2 Å². The lowest BCUT2D eigenvalue weighted by Crippen LogP contribution is -2.46. The van der Waals surface area contributed by atoms with Crippen LogP contribution in [0, 0.1) is 13.8 Å². The van der Waals surface area contributed by atoms with Gasteiger partial charge >= 0.3 is 0 Å². The van der Waals surface area contributed by atoms with Gasteiger partial charge in [0.2, 0.25) is 5.91 Å². The molecule has 0 radical (unpaired) electrons. The summed E-state index contributed by atoms with van der Waals surface area (Å²) in [6.45, 7) is 5.11. The lowest BCUT2D eigenvalue weighted by atomic mass is 10.1. The monoisotopic (exact) mass is 433 g/mol. The highest BCUT2D eigenvalue weighted by atomic mass is 32.1. The summed E-state index contributed by atoms with van der Waals surface area (Å²) < 4.78 is 0. The standard InChI is InChI=1S/C25H27N3O2S/c1-17-13-18(2)15-20(14-17)25(30)28-12-6-9-22(28)23(29)26-11-10-21-16-31-24(27-21)19-7-4-3-5-8-19/h3-5,7-8,13-16,22H,6,9-12H2,1-2H3,(H,26,29). The number of benzene rings is 2. The third kappa shape index (κ3) is 5.02. The Labute approximate surface area is 187 Å². The van der Waals surface area contributed by atoms with Crippen LogP contribution in [0.15, 0.2) is 53.9 Å². The van der Waals surface area contributed by atoms with E-state index in [-0.39, 0.29) is 11.8 Å². The first-order valence-corrected chi connectivity index (χ1v) is 11.6. The van der Waals surface area contributed by atoms with Gasteiger partial charge in [0, 0.05) is 36.0 Å². The van der Waals surface area contributed by atoms with Crippen LogP contribution < -0.4 is 5.32 Å². The summed E-state index contributed by atoms with van der Waals surface area (Å²) in [5.74, 6) is -0.134. The average molecular weight is 434 g/mol. The summed E-state index contributed by atoms with van der Waals surface area (Å²) in [4.78, 5) is 32.3. The van der Waals surface area contributed by atoms with Crippen LogP contribution in [-0.2, 0) is 11.2 Å². The molecule has 2 heterocycles. The highest BCUT2D eigenvalue weighted by Crippen LogP contribution is 2.24. The Morgan fingerprint density at radius 3 is 2.61 bits per heavy atom. The highest BCUT2D eigenvalue weighted by Gasteiger charge is 2.34. The van der Waals surface area contributed by atoms with Crippen LogP contribution in [0.2, 0.25) is 0 Å². The van der Waals surface area contributed by atoms with Crippen LogP contribution in [-0.4, -0.2) is 40.8 Å². The minimum absolute atomic E-state index is 0.0588. The van der Waals surface area contributed by atoms with E-state index in [1.165, 1.54) is 0 Å². The van der Waals surface area contributed by atoms with Crippen LogP contribution >= 0.6 is 11.3 Å². The minimum Gasteiger partial charge on any atom is -0.354 e. The Bertz CT molecular complexity index is 1060. The summed E-state index contributed by atoms with van der Waals surface area (Å²) in [5, 5.41) is 6.04. The molecule has 1 unspecified atom stereocenters. The fraction of sp³-hybridized carbons (Fsp3) is 0.320. The lowest BCUT2D eigenvalue weighted by Gasteiger charge is -2.24. The Kier molecular flexibility index (Phi) is 6.47. The topological polar surface area (TPSA) is 62.3 Å². The SMILES string of the molecule is Cc1cc(C)cc(C(=O)N2CCCC2C(=O)NCCc2csc(-c3ccccc3)n2)c1. The van der Waals surface area contributed by atoms with E-state index < -0.39 is 6.04 Å². The van der Waals surface area contributed by atoms with Gasteiger partial charge in [-0.25, -0.2) is 4.98 Å². The molecule has 1 aromatic heterocycles. The quantitative estimate of drug-likeness (QED) is 0.627. The van der Waals surface area contributed by atoms with Crippen molar-refractivity contribution in [2.45, 2.75) is 39.2 Å². The molecule has 0 spiro atoms. The largest absolute Gasteiger partial charge is 0.354 e. The first-order valence-electron chi connectivity index (χ1n) is 10.7. The van der Waals surface area contributed by atoms with Crippen LogP contribution in [0.25, 0.3) is 10.6 Å². The second-order valence-corrected chi connectivity index (χ2v) is 8.94. The third-order valence-electron chi connectivity index (χ3n) is 5.54. The Hall–Kier alpha value is -2.99. The number of likely N-dealkylation sites (tertiary alicyclic amines) is 1. The van der Waals surface area contributed by atoms with E-state index >= 15 is 0 Å². The number of carbonyl (C=O) groups excluding carboxylic acids is 2. The molecule has 5 nitrogen and oxygen atoms in total. The number of hydrogen-bond donors (Lipinski definition) is 1. The number of aromatic nitrogens is 1. The Morgan fingerprint density at radius 1 is 1.13 bits per heavy atom. The smallest absolute Gasteiger partial charge is 0.254 e. The van der Waals surface area contributed by atoms with Gasteiger partial charge in [-0.2, -0.15) is 0 Å². The molecule has 1 atom stereocenters. The predicted octanol–water partition coefficient (Wildman–Crippen LogP) is 4.39. The lowest BCUT2D eigenvalue weighted by molar-refractivity contribution is -0.124. The molecular weight excluding hydrogens is 406 g/mol. The van der Waals surface area contributed by atoms with Gasteiger partial charge in [0.25, 0.3) is 5.91 Å². The number of carbonyl (C=O) groups is 2. The molecule has 0 bridgehead atoms. The number of aryl methyl sites for hydroxylation is 2. The zero-order chi connectivity index (χ0) is 21.8. The second kappa shape index (κ2) is 9.43. The molecule has 0 saturated carbocycles. The van der Waals surface area contributed by atoms with Crippen LogP contribution in [0.5, 0.6) is 0 Å². The first kappa shape index (κ1) is 21.2. The van der Waals surface area contributed by atoms with E-state index in [1.807, 2.05) is 67.8 Å². The Balaban J connectivity index is 1.34. The normalized spacial score (nSPS) is 15.8. The summed E-state index contributed by atoms with van der Waals surface area (Å²) in [6, 6.07) is 15.5. The molecule has 1 aliphatic heterocycles. The number of hydrogen-bond acceptors (Lipinski definition) is 4. The van der Waals surface area contributed by atoms with Crippen molar-refractivity contribution in [1.29, 1.82) is 0 Å². The number of nitrogens with one attached hydrogen (secondary N) is 1. The molecule has 2 amide bonds. The number of rotatable bonds is 6. The fourth-order valence-electron chi connectivity index (χ4n) is 4.11. The molecule has 1 saturated heterocycles. The molecule has 2 aromatic carbocycles. The minimum atomic E-state index is -0.399. The van der Waals surface area contributed by atoms with Crippen LogP contribution in [0.3, 0.4) is 0 Å². The molecule has 0 aliphatic carbocycles. The van der Waals surface area contributed by atoms with Crippen molar-refractivity contribution >= 4 is 23.2 Å². The van der Waals surface area contributed by atoms with Crippen LogP contribution in [0.4, 0.5) is 0 Å². The fourth-order valence-corrected chi connectivity index (χ4v) is 4.97. The Morgan fingerprint density at radius 2 is 1.87 bits per heavy atom. The van der Waals surface area contributed by atoms with Gasteiger partial charge in [-0.3, -0.25) is 9.59 Å². The van der Waals surface area contributed by atoms with E-state index in [0.717, 1.165) is 33.8 Å². The van der Waals surface area contributed by atoms with Crippen molar-refractivity contribution in [2.24, 2.45) is 0 Å². The zero-order valence-electron chi connectivity index (χ0n) is 17.9. The summed E-state index contributed by atoms with van der Waals surface area (Å²) >= 11 is 1.61. The third-order valence-corrected chi connectivity index (χ3v) is 6.48. The van der Waals surface area contributed by atoms with E-state index in [9.17, 15) is 9.59 Å². The van der Waals surface area contributed by atoms with Crippen molar-refractivity contribution in [3.63, 3.8) is 0 Å². The van der Waals surface area contributed by atoms with Gasteiger partial charge in [0.1, 0.15) is 11.0 Å². The maximum Gasteiger partial charge on any atom is 0.254 e. The zero-order valence-corrected chi connectivity index (χ0v) is 18.7. The summed E-state index contributed by atoms with van der Waals surface area (Å²) in [5.41, 5.74) is 4.85. The predicted molar refractivity (Wildman–Crippen MR) is 124 cm³/mol. The molecule has 160 valence electrons. The van der Waals surface area contributed by atoms with Gasteiger partial charge in [0.05, 0.1) is 5.69 Å². The van der Waals surface area contributed by atoms with E-state index in [2.05, 4.69) is 10.3 Å². The average Bonchev–Trinajstić information content (AvgIpc) is 3.43. The van der Waals surface area contributed by atoms with Crippen molar-refractivity contribution in [3.8, 4) is 10.6 Å². The van der Waals surface area contributed by atoms with E-state index in [0.29, 0.717) is 31.5 Å². The number of thiazole rings is 1. The first-order chi connectivity index (χ1) is 15.0. The summed E-state index contributed by atoms with van der Waals surface area (Å²) in [7, 11) is 0. The van der Waals surface area contributed by atoms with E-state index in [4.69, 9.17) is 0 Å². The van der Waals surface area contributed by atoms with Gasteiger partial charge in [-0.05, 0) is 38.8 Å². The van der Waals surface area contributed by atoms with Crippen molar-refractivity contribution < 1.29 is 9.59 Å². The number of nitrogens with zero attached hydrogens (tertiary/aromatic N) is 2. The van der Waals surface area contributed by atoms with Gasteiger partial charge in [-0.1, -0.05) is 47.5 Å². The maximum atomic E-state index is 13.0. The maximum absolute atomic E-state index is 13.0. The van der Waals surface area contributed by atoms with Crippen LogP contribution in [0.1, 0.15) is 40.0 Å². The molecule has 4 rings (SSSR count). The molecule has 6 heteroatoms. The molecule has 1 fully saturated rings. The van der Waals surface area contributed by atoms with Crippen molar-refractivity contribution in [1.82, 2.24) is 15.2 Å². The number of amides is 2. The summed E-state index contributed by atoms with van der Waals surface area (Å²) in [6.07, 6.45) is 2.23. The molecule has 31 heavy (non-hydrogen) atoms. The highest BCUT2D eigenvalue weighted by molar-refractivity contribution is 7.13.